The predicted octanol–water partition coefficient (Wildman–Crippen LogP) is 1.40. The van der Waals surface area contributed by atoms with Crippen LogP contribution in [0.25, 0.3) is 10.8 Å². The Balaban J connectivity index is 1.92. The van der Waals surface area contributed by atoms with E-state index in [4.69, 9.17) is 0 Å². The monoisotopic (exact) mass is 243 g/mol. The second kappa shape index (κ2) is 4.90. The van der Waals surface area contributed by atoms with E-state index in [1.165, 1.54) is 0 Å². The second-order valence-electron chi connectivity index (χ2n) is 4.91. The third-order valence-electron chi connectivity index (χ3n) is 3.65. The number of fused-ring (bicyclic) bond motifs is 1. The van der Waals surface area contributed by atoms with Crippen LogP contribution in [0.2, 0.25) is 0 Å². The second-order valence-corrected chi connectivity index (χ2v) is 4.91. The fourth-order valence-electron chi connectivity index (χ4n) is 2.57. The number of nitrogens with zero attached hydrogens (tertiary/aromatic N) is 2. The Morgan fingerprint density at radius 2 is 2.06 bits per heavy atom. The molecule has 2 aromatic rings. The van der Waals surface area contributed by atoms with Crippen molar-refractivity contribution >= 4 is 10.8 Å². The highest BCUT2D eigenvalue weighted by Crippen LogP contribution is 2.13. The maximum absolute atomic E-state index is 12.3. The van der Waals surface area contributed by atoms with Gasteiger partial charge in [0, 0.05) is 11.9 Å². The molecule has 4 nitrogen and oxygen atoms in total. The Labute approximate surface area is 106 Å². The molecule has 1 aromatic carbocycles. The molecule has 1 fully saturated rings. The lowest BCUT2D eigenvalue weighted by Crippen LogP contribution is -2.33. The van der Waals surface area contributed by atoms with Gasteiger partial charge in [0.2, 0.25) is 0 Å². The molecule has 1 N–H and O–H groups in total. The van der Waals surface area contributed by atoms with E-state index in [1.54, 1.807) is 10.9 Å². The van der Waals surface area contributed by atoms with E-state index in [0.29, 0.717) is 5.92 Å². The van der Waals surface area contributed by atoms with Crippen molar-refractivity contribution in [1.29, 1.82) is 0 Å². The molecule has 0 atom stereocenters. The summed E-state index contributed by atoms with van der Waals surface area (Å²) in [5.41, 5.74) is 0.0339. The number of hydrogen-bond donors (Lipinski definition) is 1. The van der Waals surface area contributed by atoms with Gasteiger partial charge in [0.05, 0.1) is 11.6 Å². The molecule has 18 heavy (non-hydrogen) atoms. The summed E-state index contributed by atoms with van der Waals surface area (Å²) >= 11 is 0. The van der Waals surface area contributed by atoms with E-state index in [-0.39, 0.29) is 5.56 Å². The lowest BCUT2D eigenvalue weighted by Gasteiger charge is -2.22. The van der Waals surface area contributed by atoms with Gasteiger partial charge >= 0.3 is 0 Å². The summed E-state index contributed by atoms with van der Waals surface area (Å²) in [4.78, 5) is 12.3. The zero-order valence-corrected chi connectivity index (χ0v) is 10.3. The van der Waals surface area contributed by atoms with Crippen molar-refractivity contribution in [3.05, 3.63) is 40.8 Å². The molecule has 0 saturated carbocycles. The van der Waals surface area contributed by atoms with Crippen LogP contribution in [0, 0.1) is 5.92 Å². The number of piperidine rings is 1. The minimum Gasteiger partial charge on any atom is -0.317 e. The molecule has 0 unspecified atom stereocenters. The van der Waals surface area contributed by atoms with Gasteiger partial charge in [-0.2, -0.15) is 5.10 Å². The molecule has 0 amide bonds. The fraction of sp³-hybridized carbons (Fsp3) is 0.429. The van der Waals surface area contributed by atoms with Crippen LogP contribution in [0.4, 0.5) is 0 Å². The van der Waals surface area contributed by atoms with Gasteiger partial charge in [0.15, 0.2) is 0 Å². The van der Waals surface area contributed by atoms with Crippen LogP contribution in [0.1, 0.15) is 12.8 Å². The molecular formula is C14H17N3O. The zero-order chi connectivity index (χ0) is 12.4. The maximum Gasteiger partial charge on any atom is 0.274 e. The van der Waals surface area contributed by atoms with Crippen LogP contribution in [0.15, 0.2) is 35.3 Å². The SMILES string of the molecule is O=c1c2ccccc2cnn1CC1CCNCC1. The molecule has 0 aliphatic carbocycles. The van der Waals surface area contributed by atoms with Gasteiger partial charge in [-0.05, 0) is 37.9 Å². The molecule has 3 rings (SSSR count). The lowest BCUT2D eigenvalue weighted by molar-refractivity contribution is 0.316. The quantitative estimate of drug-likeness (QED) is 0.867. The molecule has 94 valence electrons. The number of rotatable bonds is 2. The zero-order valence-electron chi connectivity index (χ0n) is 10.3. The van der Waals surface area contributed by atoms with E-state index in [2.05, 4.69) is 10.4 Å². The standard InChI is InChI=1S/C14H17N3O/c18-14-13-4-2-1-3-12(13)9-16-17(14)10-11-5-7-15-8-6-11/h1-4,9,11,15H,5-8,10H2. The van der Waals surface area contributed by atoms with E-state index in [1.807, 2.05) is 24.3 Å². The largest absolute Gasteiger partial charge is 0.317 e. The summed E-state index contributed by atoms with van der Waals surface area (Å²) in [7, 11) is 0. The molecule has 0 radical (unpaired) electrons. The predicted molar refractivity (Wildman–Crippen MR) is 71.6 cm³/mol. The summed E-state index contributed by atoms with van der Waals surface area (Å²) in [6, 6.07) is 7.63. The molecule has 1 aliphatic rings. The number of nitrogens with one attached hydrogen (secondary N) is 1. The van der Waals surface area contributed by atoms with Gasteiger partial charge in [-0.1, -0.05) is 18.2 Å². The Bertz CT molecular complexity index is 599. The van der Waals surface area contributed by atoms with Crippen molar-refractivity contribution in [3.63, 3.8) is 0 Å². The molecule has 1 aliphatic heterocycles. The van der Waals surface area contributed by atoms with Gasteiger partial charge in [-0.25, -0.2) is 4.68 Å². The van der Waals surface area contributed by atoms with Crippen LogP contribution >= 0.6 is 0 Å². The fourth-order valence-corrected chi connectivity index (χ4v) is 2.57. The summed E-state index contributed by atoms with van der Waals surface area (Å²) in [6.45, 7) is 2.84. The Hall–Kier alpha value is -1.68. The first-order valence-corrected chi connectivity index (χ1v) is 6.50. The molecule has 0 bridgehead atoms. The van der Waals surface area contributed by atoms with Crippen molar-refractivity contribution in [2.45, 2.75) is 19.4 Å². The average molecular weight is 243 g/mol. The first-order chi connectivity index (χ1) is 8.84. The third-order valence-corrected chi connectivity index (χ3v) is 3.65. The van der Waals surface area contributed by atoms with E-state index >= 15 is 0 Å². The molecule has 0 spiro atoms. The van der Waals surface area contributed by atoms with Crippen molar-refractivity contribution < 1.29 is 0 Å². The summed E-state index contributed by atoms with van der Waals surface area (Å²) < 4.78 is 1.62. The van der Waals surface area contributed by atoms with Crippen molar-refractivity contribution in [2.24, 2.45) is 5.92 Å². The first-order valence-electron chi connectivity index (χ1n) is 6.50. The van der Waals surface area contributed by atoms with E-state index < -0.39 is 0 Å². The van der Waals surface area contributed by atoms with Gasteiger partial charge < -0.3 is 5.32 Å². The highest BCUT2D eigenvalue weighted by atomic mass is 16.1. The molecular weight excluding hydrogens is 226 g/mol. The van der Waals surface area contributed by atoms with Crippen LogP contribution in [-0.2, 0) is 6.54 Å². The molecule has 4 heteroatoms. The molecule has 1 aromatic heterocycles. The molecule has 2 heterocycles. The van der Waals surface area contributed by atoms with Crippen LogP contribution < -0.4 is 10.9 Å². The van der Waals surface area contributed by atoms with Crippen molar-refractivity contribution in [1.82, 2.24) is 15.1 Å². The summed E-state index contributed by atoms with van der Waals surface area (Å²) in [6.07, 6.45) is 4.04. The Morgan fingerprint density at radius 3 is 2.89 bits per heavy atom. The van der Waals surface area contributed by atoms with Gasteiger partial charge in [-0.15, -0.1) is 0 Å². The topological polar surface area (TPSA) is 46.9 Å². The van der Waals surface area contributed by atoms with Gasteiger partial charge in [0.25, 0.3) is 5.56 Å². The Kier molecular flexibility index (Phi) is 3.11. The normalized spacial score (nSPS) is 17.1. The highest BCUT2D eigenvalue weighted by Gasteiger charge is 2.15. The molecule has 1 saturated heterocycles. The van der Waals surface area contributed by atoms with Gasteiger partial charge in [-0.3, -0.25) is 4.79 Å². The third kappa shape index (κ3) is 2.16. The Morgan fingerprint density at radius 1 is 1.28 bits per heavy atom. The maximum atomic E-state index is 12.3. The van der Waals surface area contributed by atoms with E-state index in [9.17, 15) is 4.79 Å². The van der Waals surface area contributed by atoms with E-state index in [0.717, 1.165) is 43.2 Å². The first kappa shape index (κ1) is 11.4. The van der Waals surface area contributed by atoms with Crippen LogP contribution in [0.5, 0.6) is 0 Å². The lowest BCUT2D eigenvalue weighted by atomic mass is 9.98. The smallest absolute Gasteiger partial charge is 0.274 e. The number of benzene rings is 1. The van der Waals surface area contributed by atoms with Crippen molar-refractivity contribution in [3.8, 4) is 0 Å². The van der Waals surface area contributed by atoms with Gasteiger partial charge in [0.1, 0.15) is 0 Å². The summed E-state index contributed by atoms with van der Waals surface area (Å²) in [5.74, 6) is 0.567. The summed E-state index contributed by atoms with van der Waals surface area (Å²) in [5, 5.41) is 9.31. The number of hydrogen-bond acceptors (Lipinski definition) is 3. The number of aromatic nitrogens is 2. The minimum atomic E-state index is 0.0339. The van der Waals surface area contributed by atoms with Crippen LogP contribution in [-0.4, -0.2) is 22.9 Å². The average Bonchev–Trinajstić information content (AvgIpc) is 2.43. The highest BCUT2D eigenvalue weighted by molar-refractivity contribution is 5.80. The van der Waals surface area contributed by atoms with Crippen LogP contribution in [0.3, 0.4) is 0 Å². The van der Waals surface area contributed by atoms with Crippen molar-refractivity contribution in [2.75, 3.05) is 13.1 Å². The minimum absolute atomic E-state index is 0.0339.